The molecule has 2 saturated heterocycles. The topological polar surface area (TPSA) is 52.6 Å². The molecule has 0 aromatic rings. The van der Waals surface area contributed by atoms with Crippen molar-refractivity contribution in [2.45, 2.75) is 18.5 Å². The van der Waals surface area contributed by atoms with E-state index >= 15 is 0 Å². The van der Waals surface area contributed by atoms with Gasteiger partial charge in [0.2, 0.25) is 0 Å². The molecule has 0 aromatic heterocycles. The second kappa shape index (κ2) is 5.22. The maximum atomic E-state index is 11.4. The van der Waals surface area contributed by atoms with Gasteiger partial charge in [-0.25, -0.2) is 8.42 Å². The van der Waals surface area contributed by atoms with E-state index in [-0.39, 0.29) is 6.04 Å². The molecule has 100 valence electrons. The molecular weight excluding hydrogens is 238 g/mol. The molecule has 0 aromatic carbocycles. The van der Waals surface area contributed by atoms with Crippen molar-refractivity contribution >= 4 is 9.84 Å². The monoisotopic (exact) mass is 261 g/mol. The zero-order valence-corrected chi connectivity index (χ0v) is 11.5. The van der Waals surface area contributed by atoms with Crippen LogP contribution in [0, 0.1) is 0 Å². The van der Waals surface area contributed by atoms with Crippen molar-refractivity contribution in [3.05, 3.63) is 0 Å². The summed E-state index contributed by atoms with van der Waals surface area (Å²) in [7, 11) is 1.41. The predicted octanol–water partition coefficient (Wildman–Crippen LogP) is -0.991. The number of rotatable bonds is 3. The van der Waals surface area contributed by atoms with Crippen LogP contribution in [0.15, 0.2) is 0 Å². The summed E-state index contributed by atoms with van der Waals surface area (Å²) in [6.45, 7) is 4.10. The molecule has 2 atom stereocenters. The summed E-state index contributed by atoms with van der Waals surface area (Å²) < 4.78 is 22.9. The standard InChI is InChI=1S/C11H23N3O2S/c1-13-5-4-12-10(7-13)8-14(2)11-3-6-17(15,16)9-11/h10-12H,3-9H2,1-2H3. The Morgan fingerprint density at radius 1 is 1.47 bits per heavy atom. The zero-order chi connectivity index (χ0) is 12.5. The minimum Gasteiger partial charge on any atom is -0.310 e. The van der Waals surface area contributed by atoms with Gasteiger partial charge in [-0.05, 0) is 20.5 Å². The van der Waals surface area contributed by atoms with Gasteiger partial charge < -0.3 is 15.1 Å². The normalized spacial score (nSPS) is 34.3. The highest BCUT2D eigenvalue weighted by molar-refractivity contribution is 7.91. The lowest BCUT2D eigenvalue weighted by molar-refractivity contribution is 0.174. The maximum absolute atomic E-state index is 11.4. The summed E-state index contributed by atoms with van der Waals surface area (Å²) in [6, 6.07) is 0.677. The Balaban J connectivity index is 1.83. The fraction of sp³-hybridized carbons (Fsp3) is 1.00. The average Bonchev–Trinajstić information content (AvgIpc) is 2.59. The summed E-state index contributed by atoms with van der Waals surface area (Å²) in [5, 5.41) is 3.49. The van der Waals surface area contributed by atoms with Crippen LogP contribution in [-0.2, 0) is 9.84 Å². The van der Waals surface area contributed by atoms with Crippen LogP contribution in [-0.4, -0.2) is 82.1 Å². The highest BCUT2D eigenvalue weighted by Gasteiger charge is 2.31. The Hall–Kier alpha value is -0.170. The molecule has 0 aliphatic carbocycles. The van der Waals surface area contributed by atoms with E-state index in [0.717, 1.165) is 32.6 Å². The summed E-state index contributed by atoms with van der Waals surface area (Å²) >= 11 is 0. The fourth-order valence-corrected chi connectivity index (χ4v) is 4.54. The van der Waals surface area contributed by atoms with Crippen LogP contribution < -0.4 is 5.32 Å². The molecule has 2 heterocycles. The van der Waals surface area contributed by atoms with E-state index in [0.29, 0.717) is 17.5 Å². The lowest BCUT2D eigenvalue weighted by Crippen LogP contribution is -2.54. The predicted molar refractivity (Wildman–Crippen MR) is 69.0 cm³/mol. The van der Waals surface area contributed by atoms with Gasteiger partial charge in [-0.2, -0.15) is 0 Å². The Labute approximate surface area is 104 Å². The van der Waals surface area contributed by atoms with Gasteiger partial charge in [0.1, 0.15) is 0 Å². The Kier molecular flexibility index (Phi) is 4.07. The third-order valence-electron chi connectivity index (χ3n) is 3.80. The van der Waals surface area contributed by atoms with Crippen molar-refractivity contribution in [2.24, 2.45) is 0 Å². The van der Waals surface area contributed by atoms with Crippen LogP contribution in [0.3, 0.4) is 0 Å². The van der Waals surface area contributed by atoms with Gasteiger partial charge in [0, 0.05) is 38.3 Å². The van der Waals surface area contributed by atoms with E-state index in [9.17, 15) is 8.42 Å². The first-order chi connectivity index (χ1) is 7.96. The molecule has 2 rings (SSSR count). The van der Waals surface area contributed by atoms with E-state index < -0.39 is 9.84 Å². The number of sulfone groups is 1. The van der Waals surface area contributed by atoms with Crippen LogP contribution in [0.4, 0.5) is 0 Å². The lowest BCUT2D eigenvalue weighted by Gasteiger charge is -2.35. The van der Waals surface area contributed by atoms with Crippen LogP contribution in [0.25, 0.3) is 0 Å². The van der Waals surface area contributed by atoms with Gasteiger partial charge >= 0.3 is 0 Å². The fourth-order valence-electron chi connectivity index (χ4n) is 2.73. The van der Waals surface area contributed by atoms with Crippen LogP contribution in [0.1, 0.15) is 6.42 Å². The molecule has 2 aliphatic rings. The molecule has 0 saturated carbocycles. The molecule has 1 N–H and O–H groups in total. The summed E-state index contributed by atoms with van der Waals surface area (Å²) in [5.41, 5.74) is 0. The van der Waals surface area contributed by atoms with Crippen molar-refractivity contribution in [3.63, 3.8) is 0 Å². The number of nitrogens with one attached hydrogen (secondary N) is 1. The van der Waals surface area contributed by atoms with E-state index in [1.54, 1.807) is 0 Å². The van der Waals surface area contributed by atoms with Crippen LogP contribution >= 0.6 is 0 Å². The van der Waals surface area contributed by atoms with Crippen molar-refractivity contribution in [2.75, 3.05) is 51.8 Å². The molecule has 2 unspecified atom stereocenters. The molecule has 0 spiro atoms. The van der Waals surface area contributed by atoms with Crippen molar-refractivity contribution < 1.29 is 8.42 Å². The first-order valence-corrected chi connectivity index (χ1v) is 8.11. The van der Waals surface area contributed by atoms with Crippen LogP contribution in [0.2, 0.25) is 0 Å². The van der Waals surface area contributed by atoms with Crippen LogP contribution in [0.5, 0.6) is 0 Å². The van der Waals surface area contributed by atoms with Crippen molar-refractivity contribution in [3.8, 4) is 0 Å². The first-order valence-electron chi connectivity index (χ1n) is 6.29. The third-order valence-corrected chi connectivity index (χ3v) is 5.55. The summed E-state index contributed by atoms with van der Waals surface area (Å²) in [5.74, 6) is 0.700. The minimum absolute atomic E-state index is 0.217. The van der Waals surface area contributed by atoms with Gasteiger partial charge in [-0.15, -0.1) is 0 Å². The van der Waals surface area contributed by atoms with Crippen molar-refractivity contribution in [1.82, 2.24) is 15.1 Å². The number of likely N-dealkylation sites (N-methyl/N-ethyl adjacent to an activating group) is 2. The third kappa shape index (κ3) is 3.64. The zero-order valence-electron chi connectivity index (χ0n) is 10.7. The Bertz CT molecular complexity index is 358. The minimum atomic E-state index is -2.76. The smallest absolute Gasteiger partial charge is 0.151 e. The van der Waals surface area contributed by atoms with Gasteiger partial charge in [0.25, 0.3) is 0 Å². The Morgan fingerprint density at radius 2 is 2.24 bits per heavy atom. The second-order valence-corrected chi connectivity index (χ2v) is 7.64. The molecule has 5 nitrogen and oxygen atoms in total. The van der Waals surface area contributed by atoms with Gasteiger partial charge in [-0.3, -0.25) is 0 Å². The van der Waals surface area contributed by atoms with Crippen molar-refractivity contribution in [1.29, 1.82) is 0 Å². The molecule has 17 heavy (non-hydrogen) atoms. The molecular formula is C11H23N3O2S. The lowest BCUT2D eigenvalue weighted by atomic mass is 10.1. The first kappa shape index (κ1) is 13.3. The largest absolute Gasteiger partial charge is 0.310 e. The van der Waals surface area contributed by atoms with E-state index in [4.69, 9.17) is 0 Å². The van der Waals surface area contributed by atoms with E-state index in [1.807, 2.05) is 7.05 Å². The highest BCUT2D eigenvalue weighted by atomic mass is 32.2. The van der Waals surface area contributed by atoms with E-state index in [2.05, 4.69) is 22.2 Å². The molecule has 0 bridgehead atoms. The SMILES string of the molecule is CN1CCNC(CN(C)C2CCS(=O)(=O)C2)C1. The summed E-state index contributed by atoms with van der Waals surface area (Å²) in [4.78, 5) is 4.53. The second-order valence-electron chi connectivity index (χ2n) is 5.41. The van der Waals surface area contributed by atoms with E-state index in [1.165, 1.54) is 0 Å². The number of piperazine rings is 1. The number of hydrogen-bond acceptors (Lipinski definition) is 5. The van der Waals surface area contributed by atoms with Gasteiger partial charge in [0.05, 0.1) is 11.5 Å². The van der Waals surface area contributed by atoms with Gasteiger partial charge in [-0.1, -0.05) is 0 Å². The highest BCUT2D eigenvalue weighted by Crippen LogP contribution is 2.16. The average molecular weight is 261 g/mol. The molecule has 2 fully saturated rings. The Morgan fingerprint density at radius 3 is 2.82 bits per heavy atom. The summed E-state index contributed by atoms with van der Waals surface area (Å²) in [6.07, 6.45) is 0.793. The number of nitrogens with zero attached hydrogens (tertiary/aromatic N) is 2. The molecule has 6 heteroatoms. The van der Waals surface area contributed by atoms with Gasteiger partial charge in [0.15, 0.2) is 9.84 Å². The molecule has 2 aliphatic heterocycles. The number of hydrogen-bond donors (Lipinski definition) is 1. The quantitative estimate of drug-likeness (QED) is 0.707. The molecule has 0 radical (unpaired) electrons. The maximum Gasteiger partial charge on any atom is 0.151 e. The molecule has 0 amide bonds.